The first-order valence-corrected chi connectivity index (χ1v) is 6.69. The number of rotatable bonds is 2. The average Bonchev–Trinajstić information content (AvgIpc) is 2.48. The van der Waals surface area contributed by atoms with Gasteiger partial charge in [0.25, 0.3) is 0 Å². The van der Waals surface area contributed by atoms with Gasteiger partial charge >= 0.3 is 0 Å². The molecular weight excluding hydrogens is 236 g/mol. The van der Waals surface area contributed by atoms with Crippen LogP contribution in [0.4, 0.5) is 0 Å². The van der Waals surface area contributed by atoms with Crippen LogP contribution in [0.2, 0.25) is 0 Å². The van der Waals surface area contributed by atoms with Crippen LogP contribution in [0.25, 0.3) is 11.1 Å². The number of aromatic hydroxyl groups is 1. The summed E-state index contributed by atoms with van der Waals surface area (Å²) in [5.41, 5.74) is 4.40. The van der Waals surface area contributed by atoms with E-state index < -0.39 is 0 Å². The molecule has 0 aliphatic heterocycles. The summed E-state index contributed by atoms with van der Waals surface area (Å²) in [4.78, 5) is 11.3. The van der Waals surface area contributed by atoms with Gasteiger partial charge in [-0.1, -0.05) is 30.3 Å². The second kappa shape index (κ2) is 4.88. The Kier molecular flexibility index (Phi) is 3.08. The molecule has 3 rings (SSSR count). The van der Waals surface area contributed by atoms with Gasteiger partial charge in [-0.05, 0) is 54.0 Å². The predicted molar refractivity (Wildman–Crippen MR) is 75.6 cm³/mol. The summed E-state index contributed by atoms with van der Waals surface area (Å²) in [5, 5.41) is 10.3. The number of hydrogen-bond donors (Lipinski definition) is 1. The summed E-state index contributed by atoms with van der Waals surface area (Å²) in [5.74, 6) is 0.186. The highest BCUT2D eigenvalue weighted by atomic mass is 16.3. The zero-order chi connectivity index (χ0) is 13.2. The molecule has 0 saturated carbocycles. The molecule has 2 aromatic carbocycles. The summed E-state index contributed by atoms with van der Waals surface area (Å²) in [6, 6.07) is 11.9. The van der Waals surface area contributed by atoms with Crippen LogP contribution in [-0.4, -0.2) is 11.4 Å². The maximum absolute atomic E-state index is 11.3. The van der Waals surface area contributed by atoms with E-state index in [1.807, 2.05) is 30.3 Å². The minimum absolute atomic E-state index is 0.186. The molecule has 0 spiro atoms. The molecule has 2 nitrogen and oxygen atoms in total. The van der Waals surface area contributed by atoms with Crippen LogP contribution in [0.15, 0.2) is 36.4 Å². The molecule has 1 aliphatic rings. The quantitative estimate of drug-likeness (QED) is 0.826. The summed E-state index contributed by atoms with van der Waals surface area (Å²) < 4.78 is 0. The van der Waals surface area contributed by atoms with Crippen molar-refractivity contribution in [2.24, 2.45) is 0 Å². The monoisotopic (exact) mass is 252 g/mol. The van der Waals surface area contributed by atoms with E-state index in [1.165, 1.54) is 5.56 Å². The molecule has 19 heavy (non-hydrogen) atoms. The number of carbonyl (C=O) groups excluding carboxylic acids is 1. The smallest absolute Gasteiger partial charge is 0.154 e. The van der Waals surface area contributed by atoms with Crippen molar-refractivity contribution in [2.45, 2.75) is 25.7 Å². The van der Waals surface area contributed by atoms with Crippen molar-refractivity contribution in [1.29, 1.82) is 0 Å². The molecule has 1 N–H and O–H groups in total. The van der Waals surface area contributed by atoms with E-state index in [0.29, 0.717) is 5.56 Å². The molecule has 0 radical (unpaired) electrons. The lowest BCUT2D eigenvalue weighted by Crippen LogP contribution is -2.05. The molecule has 0 amide bonds. The maximum Gasteiger partial charge on any atom is 0.154 e. The van der Waals surface area contributed by atoms with Gasteiger partial charge in [-0.25, -0.2) is 0 Å². The van der Waals surface area contributed by atoms with E-state index in [0.717, 1.165) is 48.7 Å². The Morgan fingerprint density at radius 3 is 2.53 bits per heavy atom. The molecule has 96 valence electrons. The van der Waals surface area contributed by atoms with Crippen molar-refractivity contribution < 1.29 is 9.90 Å². The maximum atomic E-state index is 11.3. The standard InChI is InChI=1S/C17H16O2/c18-11-16-15(12-6-2-1-3-7-12)10-13-8-4-5-9-14(13)17(16)19/h1-3,6-7,10-11,19H,4-5,8-9H2. The number of benzene rings is 2. The van der Waals surface area contributed by atoms with E-state index in [4.69, 9.17) is 0 Å². The van der Waals surface area contributed by atoms with Crippen molar-refractivity contribution in [1.82, 2.24) is 0 Å². The fraction of sp³-hybridized carbons (Fsp3) is 0.235. The van der Waals surface area contributed by atoms with E-state index in [-0.39, 0.29) is 5.75 Å². The SMILES string of the molecule is O=Cc1c(-c2ccccc2)cc2c(c1O)CCCC2. The normalized spacial score (nSPS) is 13.9. The fourth-order valence-electron chi connectivity index (χ4n) is 2.88. The average molecular weight is 252 g/mol. The van der Waals surface area contributed by atoms with Crippen LogP contribution < -0.4 is 0 Å². The van der Waals surface area contributed by atoms with Crippen molar-refractivity contribution in [2.75, 3.05) is 0 Å². The van der Waals surface area contributed by atoms with Crippen molar-refractivity contribution in [3.8, 4) is 16.9 Å². The molecule has 0 atom stereocenters. The zero-order valence-corrected chi connectivity index (χ0v) is 10.7. The Morgan fingerprint density at radius 1 is 1.05 bits per heavy atom. The number of aryl methyl sites for hydroxylation is 1. The topological polar surface area (TPSA) is 37.3 Å². The molecule has 1 aliphatic carbocycles. The van der Waals surface area contributed by atoms with Gasteiger partial charge in [0, 0.05) is 0 Å². The Morgan fingerprint density at radius 2 is 1.79 bits per heavy atom. The molecule has 0 fully saturated rings. The lowest BCUT2D eigenvalue weighted by molar-refractivity contribution is 0.112. The number of hydrogen-bond acceptors (Lipinski definition) is 2. The van der Waals surface area contributed by atoms with Crippen LogP contribution >= 0.6 is 0 Å². The largest absolute Gasteiger partial charge is 0.507 e. The highest BCUT2D eigenvalue weighted by molar-refractivity contribution is 5.92. The molecular formula is C17H16O2. The molecule has 2 heteroatoms. The van der Waals surface area contributed by atoms with Gasteiger partial charge in [-0.2, -0.15) is 0 Å². The molecule has 0 bridgehead atoms. The third-order valence-corrected chi connectivity index (χ3v) is 3.86. The summed E-state index contributed by atoms with van der Waals surface area (Å²) in [6.07, 6.45) is 4.87. The number of aldehydes is 1. The fourth-order valence-corrected chi connectivity index (χ4v) is 2.88. The van der Waals surface area contributed by atoms with E-state index in [2.05, 4.69) is 6.07 Å². The lowest BCUT2D eigenvalue weighted by Gasteiger charge is -2.20. The number of phenols is 1. The summed E-state index contributed by atoms with van der Waals surface area (Å²) in [7, 11) is 0. The molecule has 0 saturated heterocycles. The summed E-state index contributed by atoms with van der Waals surface area (Å²) >= 11 is 0. The van der Waals surface area contributed by atoms with Crippen molar-refractivity contribution in [3.63, 3.8) is 0 Å². The zero-order valence-electron chi connectivity index (χ0n) is 10.7. The van der Waals surface area contributed by atoms with Crippen LogP contribution in [0.3, 0.4) is 0 Å². The first kappa shape index (κ1) is 12.0. The minimum Gasteiger partial charge on any atom is -0.507 e. The van der Waals surface area contributed by atoms with E-state index in [9.17, 15) is 9.90 Å². The van der Waals surface area contributed by atoms with E-state index in [1.54, 1.807) is 0 Å². The third-order valence-electron chi connectivity index (χ3n) is 3.86. The van der Waals surface area contributed by atoms with Crippen LogP contribution in [-0.2, 0) is 12.8 Å². The molecule has 2 aromatic rings. The third kappa shape index (κ3) is 2.03. The second-order valence-electron chi connectivity index (χ2n) is 5.02. The molecule has 0 unspecified atom stereocenters. The first-order chi connectivity index (χ1) is 9.31. The van der Waals surface area contributed by atoms with Gasteiger partial charge in [-0.3, -0.25) is 4.79 Å². The minimum atomic E-state index is 0.186. The number of phenolic OH excluding ortho intramolecular Hbond substituents is 1. The van der Waals surface area contributed by atoms with Crippen LogP contribution in [0.1, 0.15) is 34.3 Å². The Balaban J connectivity index is 2.24. The predicted octanol–water partition coefficient (Wildman–Crippen LogP) is 3.75. The molecule has 0 aromatic heterocycles. The van der Waals surface area contributed by atoms with E-state index >= 15 is 0 Å². The Hall–Kier alpha value is -2.09. The van der Waals surface area contributed by atoms with Crippen molar-refractivity contribution >= 4 is 6.29 Å². The Labute approximate surface area is 112 Å². The number of carbonyl (C=O) groups is 1. The first-order valence-electron chi connectivity index (χ1n) is 6.69. The second-order valence-corrected chi connectivity index (χ2v) is 5.02. The highest BCUT2D eigenvalue weighted by Gasteiger charge is 2.20. The van der Waals surface area contributed by atoms with Crippen LogP contribution in [0, 0.1) is 0 Å². The van der Waals surface area contributed by atoms with Gasteiger partial charge in [-0.15, -0.1) is 0 Å². The highest BCUT2D eigenvalue weighted by Crippen LogP contribution is 2.37. The Bertz CT molecular complexity index is 615. The van der Waals surface area contributed by atoms with Gasteiger partial charge in [0.1, 0.15) is 5.75 Å². The van der Waals surface area contributed by atoms with Gasteiger partial charge in [0.05, 0.1) is 5.56 Å². The molecule has 0 heterocycles. The van der Waals surface area contributed by atoms with Gasteiger partial charge in [0.15, 0.2) is 6.29 Å². The van der Waals surface area contributed by atoms with Gasteiger partial charge in [0.2, 0.25) is 0 Å². The lowest BCUT2D eigenvalue weighted by atomic mass is 9.85. The van der Waals surface area contributed by atoms with Crippen LogP contribution in [0.5, 0.6) is 5.75 Å². The van der Waals surface area contributed by atoms with Gasteiger partial charge < -0.3 is 5.11 Å². The number of fused-ring (bicyclic) bond motifs is 1. The van der Waals surface area contributed by atoms with Crippen molar-refractivity contribution in [3.05, 3.63) is 53.1 Å². The summed E-state index contributed by atoms with van der Waals surface area (Å²) in [6.45, 7) is 0.